The lowest BCUT2D eigenvalue weighted by Gasteiger charge is -2.27. The molecule has 0 bridgehead atoms. The maximum absolute atomic E-state index is 12.1. The number of likely N-dealkylation sites (tertiary alicyclic amines) is 1. The molecule has 4 nitrogen and oxygen atoms in total. The van der Waals surface area contributed by atoms with Gasteiger partial charge in [0.1, 0.15) is 0 Å². The zero-order valence-electron chi connectivity index (χ0n) is 11.2. The van der Waals surface area contributed by atoms with E-state index >= 15 is 0 Å². The van der Waals surface area contributed by atoms with Crippen LogP contribution < -0.4 is 5.73 Å². The first-order valence-corrected chi connectivity index (χ1v) is 6.85. The second kappa shape index (κ2) is 4.94. The first kappa shape index (κ1) is 12.6. The largest absolute Gasteiger partial charge is 0.380 e. The molecule has 1 amide bonds. The maximum Gasteiger partial charge on any atom is 0.225 e. The molecule has 4 heteroatoms. The Kier molecular flexibility index (Phi) is 3.29. The Balaban J connectivity index is 1.90. The number of hydrogen-bond acceptors (Lipinski definition) is 3. The zero-order valence-corrected chi connectivity index (χ0v) is 11.2. The van der Waals surface area contributed by atoms with Crippen molar-refractivity contribution >= 4 is 5.91 Å². The SMILES string of the molecule is COCc1cccc(C2C(N)CC(=O)N2C2CC2)c1. The lowest BCUT2D eigenvalue weighted by atomic mass is 9.99. The minimum absolute atomic E-state index is 0.0387. The van der Waals surface area contributed by atoms with Gasteiger partial charge in [-0.05, 0) is 24.0 Å². The van der Waals surface area contributed by atoms with E-state index in [1.165, 1.54) is 0 Å². The summed E-state index contributed by atoms with van der Waals surface area (Å²) in [6.45, 7) is 0.590. The van der Waals surface area contributed by atoms with Crippen molar-refractivity contribution < 1.29 is 9.53 Å². The molecule has 2 fully saturated rings. The van der Waals surface area contributed by atoms with E-state index in [1.807, 2.05) is 17.0 Å². The molecule has 1 saturated heterocycles. The minimum atomic E-state index is -0.0918. The van der Waals surface area contributed by atoms with Crippen molar-refractivity contribution in [3.8, 4) is 0 Å². The highest BCUT2D eigenvalue weighted by Gasteiger charge is 2.45. The lowest BCUT2D eigenvalue weighted by Crippen LogP contribution is -2.34. The van der Waals surface area contributed by atoms with Crippen molar-refractivity contribution in [3.63, 3.8) is 0 Å². The molecule has 1 heterocycles. The van der Waals surface area contributed by atoms with Gasteiger partial charge in [0, 0.05) is 25.6 Å². The Labute approximate surface area is 113 Å². The fraction of sp³-hybridized carbons (Fsp3) is 0.533. The molecular formula is C15H20N2O2. The number of hydrogen-bond donors (Lipinski definition) is 1. The summed E-state index contributed by atoms with van der Waals surface area (Å²) in [6, 6.07) is 8.60. The van der Waals surface area contributed by atoms with E-state index < -0.39 is 0 Å². The van der Waals surface area contributed by atoms with Crippen LogP contribution in [0.25, 0.3) is 0 Å². The van der Waals surface area contributed by atoms with Crippen LogP contribution in [0.15, 0.2) is 24.3 Å². The van der Waals surface area contributed by atoms with E-state index in [2.05, 4.69) is 12.1 Å². The van der Waals surface area contributed by atoms with Crippen LogP contribution in [0, 0.1) is 0 Å². The van der Waals surface area contributed by atoms with E-state index in [1.54, 1.807) is 7.11 Å². The third kappa shape index (κ3) is 2.38. The van der Waals surface area contributed by atoms with Crippen LogP contribution in [0.4, 0.5) is 0 Å². The number of methoxy groups -OCH3 is 1. The summed E-state index contributed by atoms with van der Waals surface area (Å²) in [4.78, 5) is 14.1. The lowest BCUT2D eigenvalue weighted by molar-refractivity contribution is -0.129. The van der Waals surface area contributed by atoms with Gasteiger partial charge in [-0.2, -0.15) is 0 Å². The summed E-state index contributed by atoms with van der Waals surface area (Å²) in [5.41, 5.74) is 8.45. The highest BCUT2D eigenvalue weighted by Crippen LogP contribution is 2.41. The number of rotatable bonds is 4. The van der Waals surface area contributed by atoms with Gasteiger partial charge in [-0.3, -0.25) is 4.79 Å². The van der Waals surface area contributed by atoms with Crippen LogP contribution in [-0.2, 0) is 16.1 Å². The van der Waals surface area contributed by atoms with Crippen molar-refractivity contribution in [1.82, 2.24) is 4.90 Å². The first-order valence-electron chi connectivity index (χ1n) is 6.85. The average Bonchev–Trinajstić information content (AvgIpc) is 3.16. The van der Waals surface area contributed by atoms with Crippen molar-refractivity contribution in [3.05, 3.63) is 35.4 Å². The second-order valence-electron chi connectivity index (χ2n) is 5.52. The highest BCUT2D eigenvalue weighted by molar-refractivity contribution is 5.81. The molecule has 0 aromatic heterocycles. The van der Waals surface area contributed by atoms with Crippen molar-refractivity contribution in [2.75, 3.05) is 7.11 Å². The Bertz CT molecular complexity index is 485. The van der Waals surface area contributed by atoms with Crippen LogP contribution in [0.1, 0.15) is 36.4 Å². The summed E-state index contributed by atoms with van der Waals surface area (Å²) >= 11 is 0. The quantitative estimate of drug-likeness (QED) is 0.894. The van der Waals surface area contributed by atoms with E-state index in [9.17, 15) is 4.79 Å². The van der Waals surface area contributed by atoms with Gasteiger partial charge in [-0.15, -0.1) is 0 Å². The predicted molar refractivity (Wildman–Crippen MR) is 72.4 cm³/mol. The standard InChI is InChI=1S/C15H20N2O2/c1-19-9-10-3-2-4-11(7-10)15-13(16)8-14(18)17(15)12-5-6-12/h2-4,7,12-13,15H,5-6,8-9,16H2,1H3. The Morgan fingerprint density at radius 1 is 1.42 bits per heavy atom. The molecule has 2 aliphatic rings. The Hall–Kier alpha value is -1.39. The fourth-order valence-electron chi connectivity index (χ4n) is 3.00. The summed E-state index contributed by atoms with van der Waals surface area (Å²) in [5.74, 6) is 0.206. The molecule has 1 aliphatic carbocycles. The molecule has 1 aromatic carbocycles. The number of nitrogens with zero attached hydrogens (tertiary/aromatic N) is 1. The third-order valence-electron chi connectivity index (χ3n) is 3.95. The van der Waals surface area contributed by atoms with E-state index in [-0.39, 0.29) is 18.0 Å². The summed E-state index contributed by atoms with van der Waals surface area (Å²) in [7, 11) is 1.69. The topological polar surface area (TPSA) is 55.6 Å². The number of amides is 1. The minimum Gasteiger partial charge on any atom is -0.380 e. The van der Waals surface area contributed by atoms with Gasteiger partial charge in [-0.1, -0.05) is 24.3 Å². The summed E-state index contributed by atoms with van der Waals surface area (Å²) in [5, 5.41) is 0. The third-order valence-corrected chi connectivity index (χ3v) is 3.95. The van der Waals surface area contributed by atoms with Crippen LogP contribution >= 0.6 is 0 Å². The molecule has 2 atom stereocenters. The van der Waals surface area contributed by atoms with Gasteiger partial charge in [0.2, 0.25) is 5.91 Å². The van der Waals surface area contributed by atoms with Gasteiger partial charge in [0.05, 0.1) is 12.6 Å². The molecule has 0 spiro atoms. The number of carbonyl (C=O) groups is 1. The molecule has 3 rings (SSSR count). The van der Waals surface area contributed by atoms with Crippen LogP contribution in [0.2, 0.25) is 0 Å². The monoisotopic (exact) mass is 260 g/mol. The van der Waals surface area contributed by atoms with Gasteiger partial charge in [0.15, 0.2) is 0 Å². The smallest absolute Gasteiger partial charge is 0.225 e. The predicted octanol–water partition coefficient (Wildman–Crippen LogP) is 1.60. The molecule has 1 saturated carbocycles. The Morgan fingerprint density at radius 2 is 2.21 bits per heavy atom. The molecule has 1 aliphatic heterocycles. The Morgan fingerprint density at radius 3 is 2.89 bits per heavy atom. The number of benzene rings is 1. The van der Waals surface area contributed by atoms with E-state index in [0.29, 0.717) is 19.1 Å². The van der Waals surface area contributed by atoms with Gasteiger partial charge >= 0.3 is 0 Å². The molecule has 102 valence electrons. The molecule has 19 heavy (non-hydrogen) atoms. The summed E-state index contributed by atoms with van der Waals surface area (Å²) in [6.07, 6.45) is 2.70. The second-order valence-corrected chi connectivity index (χ2v) is 5.52. The van der Waals surface area contributed by atoms with Gasteiger partial charge < -0.3 is 15.4 Å². The van der Waals surface area contributed by atoms with Crippen LogP contribution in [0.5, 0.6) is 0 Å². The summed E-state index contributed by atoms with van der Waals surface area (Å²) < 4.78 is 5.17. The maximum atomic E-state index is 12.1. The van der Waals surface area contributed by atoms with Gasteiger partial charge in [-0.25, -0.2) is 0 Å². The normalized spacial score (nSPS) is 27.1. The van der Waals surface area contributed by atoms with Crippen molar-refractivity contribution in [2.45, 2.75) is 44.0 Å². The zero-order chi connectivity index (χ0) is 13.4. The molecular weight excluding hydrogens is 240 g/mol. The first-order chi connectivity index (χ1) is 9.20. The van der Waals surface area contributed by atoms with Crippen molar-refractivity contribution in [2.24, 2.45) is 5.73 Å². The van der Waals surface area contributed by atoms with E-state index in [0.717, 1.165) is 24.0 Å². The van der Waals surface area contributed by atoms with Crippen LogP contribution in [-0.4, -0.2) is 30.0 Å². The molecule has 0 radical (unpaired) electrons. The van der Waals surface area contributed by atoms with Crippen molar-refractivity contribution in [1.29, 1.82) is 0 Å². The number of nitrogens with two attached hydrogens (primary N) is 1. The van der Waals surface area contributed by atoms with Crippen LogP contribution in [0.3, 0.4) is 0 Å². The fourth-order valence-corrected chi connectivity index (χ4v) is 3.00. The number of ether oxygens (including phenoxy) is 1. The van der Waals surface area contributed by atoms with Gasteiger partial charge in [0.25, 0.3) is 0 Å². The highest BCUT2D eigenvalue weighted by atomic mass is 16.5. The number of carbonyl (C=O) groups excluding carboxylic acids is 1. The average molecular weight is 260 g/mol. The molecule has 2 unspecified atom stereocenters. The molecule has 1 aromatic rings. The van der Waals surface area contributed by atoms with E-state index in [4.69, 9.17) is 10.5 Å². The molecule has 2 N–H and O–H groups in total.